The molecule has 33 heavy (non-hydrogen) atoms. The molecule has 3 aromatic rings. The molecule has 0 unspecified atom stereocenters. The first-order valence-electron chi connectivity index (χ1n) is 9.31. The van der Waals surface area contributed by atoms with Gasteiger partial charge in [-0.05, 0) is 57.4 Å². The number of nitro benzene ring substituents is 1. The van der Waals surface area contributed by atoms with Gasteiger partial charge in [0.25, 0.3) is 11.6 Å². The SMILES string of the molecule is N#C/C(=C/c1cc(Cl)c(OCc2cccc([N+](=O)[O-])c2)c(Br)c1)C(=O)Nc1ccccc1F. The van der Waals surface area contributed by atoms with Gasteiger partial charge in [0.2, 0.25) is 0 Å². The molecule has 0 aliphatic rings. The summed E-state index contributed by atoms with van der Waals surface area (Å²) in [5.74, 6) is -1.12. The smallest absolute Gasteiger partial charge is 0.269 e. The zero-order chi connectivity index (χ0) is 24.0. The van der Waals surface area contributed by atoms with Crippen molar-refractivity contribution in [3.63, 3.8) is 0 Å². The number of rotatable bonds is 7. The molecule has 0 saturated carbocycles. The van der Waals surface area contributed by atoms with Crippen LogP contribution < -0.4 is 10.1 Å². The van der Waals surface area contributed by atoms with E-state index in [0.717, 1.165) is 0 Å². The number of hydrogen-bond donors (Lipinski definition) is 1. The number of hydrogen-bond acceptors (Lipinski definition) is 5. The van der Waals surface area contributed by atoms with E-state index >= 15 is 0 Å². The minimum atomic E-state index is -0.777. The second-order valence-electron chi connectivity index (χ2n) is 6.63. The van der Waals surface area contributed by atoms with E-state index in [4.69, 9.17) is 16.3 Å². The molecule has 0 spiro atoms. The Hall–Kier alpha value is -3.74. The van der Waals surface area contributed by atoms with E-state index in [9.17, 15) is 24.6 Å². The first kappa shape index (κ1) is 23.9. The number of benzene rings is 3. The predicted molar refractivity (Wildman–Crippen MR) is 125 cm³/mol. The number of anilines is 1. The van der Waals surface area contributed by atoms with Crippen molar-refractivity contribution in [1.29, 1.82) is 5.26 Å². The second kappa shape index (κ2) is 10.7. The first-order chi connectivity index (χ1) is 15.8. The van der Waals surface area contributed by atoms with Gasteiger partial charge in [-0.15, -0.1) is 0 Å². The van der Waals surface area contributed by atoms with Gasteiger partial charge in [-0.25, -0.2) is 4.39 Å². The highest BCUT2D eigenvalue weighted by Crippen LogP contribution is 2.36. The van der Waals surface area contributed by atoms with Gasteiger partial charge in [0.1, 0.15) is 24.1 Å². The lowest BCUT2D eigenvalue weighted by atomic mass is 10.1. The van der Waals surface area contributed by atoms with Crippen LogP contribution in [0.2, 0.25) is 5.02 Å². The monoisotopic (exact) mass is 529 g/mol. The molecular formula is C23H14BrClFN3O4. The number of amides is 1. The average molecular weight is 531 g/mol. The molecule has 0 radical (unpaired) electrons. The van der Waals surface area contributed by atoms with E-state index in [1.54, 1.807) is 30.3 Å². The number of non-ortho nitro benzene ring substituents is 1. The second-order valence-corrected chi connectivity index (χ2v) is 7.89. The molecule has 1 N–H and O–H groups in total. The van der Waals surface area contributed by atoms with Gasteiger partial charge in [0.15, 0.2) is 5.75 Å². The van der Waals surface area contributed by atoms with Crippen molar-refractivity contribution < 1.29 is 18.8 Å². The minimum Gasteiger partial charge on any atom is -0.486 e. The Balaban J connectivity index is 1.78. The fourth-order valence-electron chi connectivity index (χ4n) is 2.78. The summed E-state index contributed by atoms with van der Waals surface area (Å²) < 4.78 is 19.9. The molecule has 3 rings (SSSR count). The summed E-state index contributed by atoms with van der Waals surface area (Å²) in [5, 5.41) is 22.8. The summed E-state index contributed by atoms with van der Waals surface area (Å²) in [5.41, 5.74) is 0.640. The normalized spacial score (nSPS) is 10.9. The summed E-state index contributed by atoms with van der Waals surface area (Å²) in [6.07, 6.45) is 1.30. The lowest BCUT2D eigenvalue weighted by Gasteiger charge is -2.11. The Bertz CT molecular complexity index is 1280. The zero-order valence-electron chi connectivity index (χ0n) is 16.7. The molecular weight excluding hydrogens is 517 g/mol. The van der Waals surface area contributed by atoms with Crippen molar-refractivity contribution in [2.45, 2.75) is 6.61 Å². The third-order valence-corrected chi connectivity index (χ3v) is 5.19. The van der Waals surface area contributed by atoms with Crippen molar-refractivity contribution in [2.75, 3.05) is 5.32 Å². The number of para-hydroxylation sites is 1. The van der Waals surface area contributed by atoms with Crippen molar-refractivity contribution in [3.8, 4) is 11.8 Å². The fraction of sp³-hybridized carbons (Fsp3) is 0.0435. The Morgan fingerprint density at radius 1 is 1.24 bits per heavy atom. The van der Waals surface area contributed by atoms with Crippen molar-refractivity contribution in [1.82, 2.24) is 0 Å². The summed E-state index contributed by atoms with van der Waals surface area (Å²) in [7, 11) is 0. The van der Waals surface area contributed by atoms with Crippen LogP contribution in [0.3, 0.4) is 0 Å². The fourth-order valence-corrected chi connectivity index (χ4v) is 3.77. The Morgan fingerprint density at radius 3 is 2.67 bits per heavy atom. The maximum atomic E-state index is 13.8. The number of nitro groups is 1. The van der Waals surface area contributed by atoms with Crippen molar-refractivity contribution >= 4 is 50.9 Å². The molecule has 1 amide bonds. The van der Waals surface area contributed by atoms with Crippen LogP contribution in [0.4, 0.5) is 15.8 Å². The van der Waals surface area contributed by atoms with Crippen molar-refractivity contribution in [3.05, 3.63) is 103 Å². The molecule has 0 fully saturated rings. The van der Waals surface area contributed by atoms with Crippen LogP contribution in [0.15, 0.2) is 70.7 Å². The largest absolute Gasteiger partial charge is 0.486 e. The van der Waals surface area contributed by atoms with Gasteiger partial charge in [-0.3, -0.25) is 14.9 Å². The zero-order valence-corrected chi connectivity index (χ0v) is 19.1. The highest BCUT2D eigenvalue weighted by atomic mass is 79.9. The average Bonchev–Trinajstić information content (AvgIpc) is 2.78. The number of carbonyl (C=O) groups is 1. The van der Waals surface area contributed by atoms with Gasteiger partial charge in [0, 0.05) is 12.1 Å². The minimum absolute atomic E-state index is 0.0314. The lowest BCUT2D eigenvalue weighted by molar-refractivity contribution is -0.384. The van der Waals surface area contributed by atoms with E-state index in [-0.39, 0.29) is 34.3 Å². The Kier molecular flexibility index (Phi) is 7.77. The summed E-state index contributed by atoms with van der Waals surface area (Å²) in [4.78, 5) is 22.8. The maximum Gasteiger partial charge on any atom is 0.269 e. The van der Waals surface area contributed by atoms with Crippen molar-refractivity contribution in [2.24, 2.45) is 0 Å². The number of nitriles is 1. The van der Waals surface area contributed by atoms with Crippen LogP contribution in [0.25, 0.3) is 6.08 Å². The molecule has 0 aliphatic carbocycles. The van der Waals surface area contributed by atoms with Crippen LogP contribution in [0.1, 0.15) is 11.1 Å². The molecule has 3 aromatic carbocycles. The summed E-state index contributed by atoms with van der Waals surface area (Å²) in [6.45, 7) is 0.0314. The molecule has 10 heteroatoms. The number of nitrogens with zero attached hydrogens (tertiary/aromatic N) is 2. The number of halogens is 3. The number of nitrogens with one attached hydrogen (secondary N) is 1. The molecule has 166 valence electrons. The molecule has 0 aromatic heterocycles. The van der Waals surface area contributed by atoms with Gasteiger partial charge in [0.05, 0.1) is 20.1 Å². The quantitative estimate of drug-likeness (QED) is 0.168. The standard InChI is InChI=1S/C23H14BrClFN3O4/c24-18-10-15(8-16(12-27)23(30)28-21-7-2-1-6-20(21)26)11-19(25)22(18)33-13-14-4-3-5-17(9-14)29(31)32/h1-11H,13H2,(H,28,30)/b16-8-. The van der Waals surface area contributed by atoms with Crippen LogP contribution >= 0.6 is 27.5 Å². The van der Waals surface area contributed by atoms with E-state index in [0.29, 0.717) is 15.6 Å². The van der Waals surface area contributed by atoms with E-state index < -0.39 is 16.6 Å². The Morgan fingerprint density at radius 2 is 2.00 bits per heavy atom. The van der Waals surface area contributed by atoms with E-state index in [1.165, 1.54) is 42.5 Å². The first-order valence-corrected chi connectivity index (χ1v) is 10.5. The Labute approximate surface area is 201 Å². The van der Waals surface area contributed by atoms with E-state index in [1.807, 2.05) is 0 Å². The lowest BCUT2D eigenvalue weighted by Crippen LogP contribution is -2.14. The predicted octanol–water partition coefficient (Wildman–Crippen LogP) is 6.27. The van der Waals surface area contributed by atoms with Gasteiger partial charge in [-0.1, -0.05) is 35.9 Å². The van der Waals surface area contributed by atoms with Crippen LogP contribution in [-0.4, -0.2) is 10.8 Å². The third-order valence-electron chi connectivity index (χ3n) is 4.32. The van der Waals surface area contributed by atoms with Crippen LogP contribution in [0, 0.1) is 27.3 Å². The summed E-state index contributed by atoms with van der Waals surface area (Å²) >= 11 is 9.66. The highest BCUT2D eigenvalue weighted by Gasteiger charge is 2.15. The number of ether oxygens (including phenoxy) is 1. The maximum absolute atomic E-state index is 13.8. The topological polar surface area (TPSA) is 105 Å². The van der Waals surface area contributed by atoms with Gasteiger partial charge >= 0.3 is 0 Å². The van der Waals surface area contributed by atoms with Crippen LogP contribution in [-0.2, 0) is 11.4 Å². The molecule has 0 bridgehead atoms. The third kappa shape index (κ3) is 6.16. The van der Waals surface area contributed by atoms with Gasteiger partial charge in [-0.2, -0.15) is 5.26 Å². The summed E-state index contributed by atoms with van der Waals surface area (Å²) in [6, 6.07) is 16.5. The molecule has 0 atom stereocenters. The highest BCUT2D eigenvalue weighted by molar-refractivity contribution is 9.10. The van der Waals surface area contributed by atoms with Gasteiger partial charge < -0.3 is 10.1 Å². The molecule has 0 heterocycles. The molecule has 7 nitrogen and oxygen atoms in total. The van der Waals surface area contributed by atoms with E-state index in [2.05, 4.69) is 21.2 Å². The van der Waals surface area contributed by atoms with Crippen LogP contribution in [0.5, 0.6) is 5.75 Å². The number of carbonyl (C=O) groups excluding carboxylic acids is 1. The molecule has 0 aliphatic heterocycles. The molecule has 0 saturated heterocycles.